The standard InChI is InChI=1S/C14H17ClN4O/c1-14(2,12(20)16-3)8-17-11-9-6-4-5-7-10(9)18-13(15)19-11/h4-7H,8H2,1-3H3,(H,16,20)(H,17,18,19). The fourth-order valence-corrected chi connectivity index (χ4v) is 2.08. The summed E-state index contributed by atoms with van der Waals surface area (Å²) in [6, 6.07) is 7.59. The lowest BCUT2D eigenvalue weighted by Crippen LogP contribution is -2.39. The van der Waals surface area contributed by atoms with Crippen LogP contribution in [0.3, 0.4) is 0 Å². The third kappa shape index (κ3) is 2.99. The van der Waals surface area contributed by atoms with Crippen LogP contribution in [0.4, 0.5) is 5.82 Å². The van der Waals surface area contributed by atoms with E-state index in [9.17, 15) is 4.79 Å². The average molecular weight is 293 g/mol. The molecule has 0 aliphatic heterocycles. The summed E-state index contributed by atoms with van der Waals surface area (Å²) >= 11 is 5.92. The summed E-state index contributed by atoms with van der Waals surface area (Å²) in [5, 5.41) is 6.90. The number of amides is 1. The van der Waals surface area contributed by atoms with Crippen LogP contribution in [0, 0.1) is 5.41 Å². The number of para-hydroxylation sites is 1. The Morgan fingerprint density at radius 1 is 1.30 bits per heavy atom. The number of nitrogens with one attached hydrogen (secondary N) is 2. The van der Waals surface area contributed by atoms with Crippen molar-refractivity contribution in [2.45, 2.75) is 13.8 Å². The van der Waals surface area contributed by atoms with Gasteiger partial charge in [-0.1, -0.05) is 12.1 Å². The Labute approximate surface area is 122 Å². The molecule has 0 atom stereocenters. The molecule has 0 saturated heterocycles. The summed E-state index contributed by atoms with van der Waals surface area (Å²) < 4.78 is 0. The molecule has 0 fully saturated rings. The van der Waals surface area contributed by atoms with Crippen LogP contribution in [0.2, 0.25) is 5.28 Å². The second-order valence-electron chi connectivity index (χ2n) is 5.17. The molecule has 20 heavy (non-hydrogen) atoms. The molecule has 0 unspecified atom stereocenters. The fraction of sp³-hybridized carbons (Fsp3) is 0.357. The van der Waals surface area contributed by atoms with Crippen molar-refractivity contribution >= 4 is 34.2 Å². The van der Waals surface area contributed by atoms with Gasteiger partial charge in [0.2, 0.25) is 11.2 Å². The van der Waals surface area contributed by atoms with Gasteiger partial charge in [0.15, 0.2) is 0 Å². The Morgan fingerprint density at radius 2 is 2.00 bits per heavy atom. The zero-order chi connectivity index (χ0) is 14.8. The number of fused-ring (bicyclic) bond motifs is 1. The molecule has 0 saturated carbocycles. The van der Waals surface area contributed by atoms with Gasteiger partial charge in [0.1, 0.15) is 5.82 Å². The van der Waals surface area contributed by atoms with Crippen LogP contribution in [0.5, 0.6) is 0 Å². The minimum absolute atomic E-state index is 0.0329. The normalized spacial score (nSPS) is 11.4. The van der Waals surface area contributed by atoms with E-state index in [0.29, 0.717) is 12.4 Å². The van der Waals surface area contributed by atoms with Crippen LogP contribution in [-0.4, -0.2) is 29.5 Å². The predicted octanol–water partition coefficient (Wildman–Crippen LogP) is 2.47. The summed E-state index contributed by atoms with van der Waals surface area (Å²) in [4.78, 5) is 20.1. The monoisotopic (exact) mass is 292 g/mol. The molecule has 2 N–H and O–H groups in total. The molecule has 2 rings (SSSR count). The highest BCUT2D eigenvalue weighted by molar-refractivity contribution is 6.28. The van der Waals surface area contributed by atoms with Gasteiger partial charge >= 0.3 is 0 Å². The van der Waals surface area contributed by atoms with E-state index in [0.717, 1.165) is 10.9 Å². The zero-order valence-electron chi connectivity index (χ0n) is 11.7. The molecule has 0 aliphatic rings. The Balaban J connectivity index is 2.28. The SMILES string of the molecule is CNC(=O)C(C)(C)CNc1nc(Cl)nc2ccccc12. The lowest BCUT2D eigenvalue weighted by molar-refractivity contribution is -0.128. The van der Waals surface area contributed by atoms with Crippen molar-refractivity contribution in [2.75, 3.05) is 18.9 Å². The number of carbonyl (C=O) groups excluding carboxylic acids is 1. The van der Waals surface area contributed by atoms with E-state index in [1.165, 1.54) is 0 Å². The summed E-state index contributed by atoms with van der Waals surface area (Å²) in [5.74, 6) is 0.604. The Morgan fingerprint density at radius 3 is 2.70 bits per heavy atom. The van der Waals surface area contributed by atoms with Crippen molar-refractivity contribution in [3.63, 3.8) is 0 Å². The molecule has 6 heteroatoms. The maximum absolute atomic E-state index is 11.8. The van der Waals surface area contributed by atoms with E-state index < -0.39 is 5.41 Å². The highest BCUT2D eigenvalue weighted by Gasteiger charge is 2.26. The number of nitrogens with zero attached hydrogens (tertiary/aromatic N) is 2. The topological polar surface area (TPSA) is 66.9 Å². The second-order valence-corrected chi connectivity index (χ2v) is 5.51. The van der Waals surface area contributed by atoms with E-state index >= 15 is 0 Å². The Hall–Kier alpha value is -1.88. The van der Waals surface area contributed by atoms with Crippen LogP contribution < -0.4 is 10.6 Å². The maximum atomic E-state index is 11.8. The Bertz CT molecular complexity index is 642. The average Bonchev–Trinajstić information content (AvgIpc) is 2.43. The van der Waals surface area contributed by atoms with Gasteiger partial charge in [-0.05, 0) is 37.6 Å². The van der Waals surface area contributed by atoms with Gasteiger partial charge in [0.05, 0.1) is 10.9 Å². The third-order valence-corrected chi connectivity index (χ3v) is 3.28. The van der Waals surface area contributed by atoms with Crippen LogP contribution in [0.25, 0.3) is 10.9 Å². The van der Waals surface area contributed by atoms with Crippen molar-refractivity contribution in [1.29, 1.82) is 0 Å². The molecule has 2 aromatic rings. The second kappa shape index (κ2) is 5.63. The molecule has 1 amide bonds. The summed E-state index contributed by atoms with van der Waals surface area (Å²) in [7, 11) is 1.63. The number of anilines is 1. The van der Waals surface area contributed by atoms with Gasteiger partial charge in [-0.25, -0.2) is 9.97 Å². The zero-order valence-corrected chi connectivity index (χ0v) is 12.5. The molecule has 0 radical (unpaired) electrons. The smallest absolute Gasteiger partial charge is 0.227 e. The molecule has 1 heterocycles. The number of rotatable bonds is 4. The molecule has 0 aliphatic carbocycles. The van der Waals surface area contributed by atoms with Crippen LogP contribution in [0.15, 0.2) is 24.3 Å². The van der Waals surface area contributed by atoms with Gasteiger partial charge < -0.3 is 10.6 Å². The number of hydrogen-bond acceptors (Lipinski definition) is 4. The van der Waals surface area contributed by atoms with E-state index in [4.69, 9.17) is 11.6 Å². The highest BCUT2D eigenvalue weighted by atomic mass is 35.5. The van der Waals surface area contributed by atoms with Crippen molar-refractivity contribution in [1.82, 2.24) is 15.3 Å². The van der Waals surface area contributed by atoms with Gasteiger partial charge in [-0.15, -0.1) is 0 Å². The van der Waals surface area contributed by atoms with Crippen molar-refractivity contribution in [3.8, 4) is 0 Å². The van der Waals surface area contributed by atoms with Crippen molar-refractivity contribution in [3.05, 3.63) is 29.5 Å². The number of aromatic nitrogens is 2. The summed E-state index contributed by atoms with van der Waals surface area (Å²) in [6.07, 6.45) is 0. The number of halogens is 1. The molecule has 106 valence electrons. The largest absolute Gasteiger partial charge is 0.368 e. The van der Waals surface area contributed by atoms with E-state index in [1.54, 1.807) is 7.05 Å². The summed E-state index contributed by atoms with van der Waals surface area (Å²) in [5.41, 5.74) is 0.223. The minimum atomic E-state index is -0.548. The van der Waals surface area contributed by atoms with E-state index in [-0.39, 0.29) is 11.2 Å². The molecular weight excluding hydrogens is 276 g/mol. The van der Waals surface area contributed by atoms with Crippen molar-refractivity contribution < 1.29 is 4.79 Å². The van der Waals surface area contributed by atoms with Crippen LogP contribution in [-0.2, 0) is 4.79 Å². The van der Waals surface area contributed by atoms with Gasteiger partial charge in [0, 0.05) is 19.0 Å². The van der Waals surface area contributed by atoms with E-state index in [1.807, 2.05) is 38.1 Å². The predicted molar refractivity (Wildman–Crippen MR) is 80.9 cm³/mol. The van der Waals surface area contributed by atoms with Gasteiger partial charge in [0.25, 0.3) is 0 Å². The molecular formula is C14H17ClN4O. The fourth-order valence-electron chi connectivity index (χ4n) is 1.91. The first-order valence-electron chi connectivity index (χ1n) is 6.32. The highest BCUT2D eigenvalue weighted by Crippen LogP contribution is 2.23. The number of carbonyl (C=O) groups is 1. The van der Waals surface area contributed by atoms with Gasteiger partial charge in [-0.2, -0.15) is 0 Å². The maximum Gasteiger partial charge on any atom is 0.227 e. The van der Waals surface area contributed by atoms with Crippen LogP contribution >= 0.6 is 11.6 Å². The minimum Gasteiger partial charge on any atom is -0.368 e. The molecule has 5 nitrogen and oxygen atoms in total. The lowest BCUT2D eigenvalue weighted by atomic mass is 9.92. The molecule has 1 aromatic carbocycles. The first-order chi connectivity index (χ1) is 9.44. The van der Waals surface area contributed by atoms with Crippen LogP contribution in [0.1, 0.15) is 13.8 Å². The molecule has 0 spiro atoms. The third-order valence-electron chi connectivity index (χ3n) is 3.12. The first-order valence-corrected chi connectivity index (χ1v) is 6.70. The molecule has 0 bridgehead atoms. The number of benzene rings is 1. The Kier molecular flexibility index (Phi) is 4.09. The lowest BCUT2D eigenvalue weighted by Gasteiger charge is -2.23. The quantitative estimate of drug-likeness (QED) is 0.850. The number of hydrogen-bond donors (Lipinski definition) is 2. The van der Waals surface area contributed by atoms with E-state index in [2.05, 4.69) is 20.6 Å². The first kappa shape index (κ1) is 14.5. The molecule has 1 aromatic heterocycles. The van der Waals surface area contributed by atoms with Crippen molar-refractivity contribution in [2.24, 2.45) is 5.41 Å². The van der Waals surface area contributed by atoms with Gasteiger partial charge in [-0.3, -0.25) is 4.79 Å². The summed E-state index contributed by atoms with van der Waals surface area (Å²) in [6.45, 7) is 4.18.